The lowest BCUT2D eigenvalue weighted by Gasteiger charge is -2.27. The number of primary amides is 1. The molecule has 42 heavy (non-hydrogen) atoms. The molecule has 11 heteroatoms. The van der Waals surface area contributed by atoms with E-state index in [4.69, 9.17) is 10.5 Å². The maximum atomic E-state index is 13.5. The number of nitrogens with one attached hydrogen (secondary N) is 1. The molecular formula is C31H33N7O4. The van der Waals surface area contributed by atoms with Crippen LogP contribution in [0.3, 0.4) is 0 Å². The molecule has 3 N–H and O–H groups in total. The summed E-state index contributed by atoms with van der Waals surface area (Å²) in [5.41, 5.74) is 9.07. The first kappa shape index (κ1) is 27.5. The van der Waals surface area contributed by atoms with Crippen molar-refractivity contribution in [3.05, 3.63) is 78.2 Å². The molecule has 1 aliphatic carbocycles. The van der Waals surface area contributed by atoms with Gasteiger partial charge in [0.15, 0.2) is 5.69 Å². The highest BCUT2D eigenvalue weighted by atomic mass is 16.5. The van der Waals surface area contributed by atoms with Crippen LogP contribution in [0, 0.1) is 0 Å². The second-order valence-electron chi connectivity index (χ2n) is 10.9. The molecule has 6 rings (SSSR count). The van der Waals surface area contributed by atoms with E-state index in [-0.39, 0.29) is 36.2 Å². The number of nitrogens with zero attached hydrogens (tertiary/aromatic N) is 5. The van der Waals surface area contributed by atoms with Gasteiger partial charge in [-0.3, -0.25) is 19.1 Å². The minimum atomic E-state index is -0.685. The second kappa shape index (κ2) is 12.1. The summed E-state index contributed by atoms with van der Waals surface area (Å²) < 4.78 is 7.66. The molecule has 0 spiro atoms. The van der Waals surface area contributed by atoms with E-state index in [1.165, 1.54) is 4.68 Å². The fourth-order valence-electron chi connectivity index (χ4n) is 6.03. The third-order valence-electron chi connectivity index (χ3n) is 8.15. The van der Waals surface area contributed by atoms with Crippen molar-refractivity contribution >= 4 is 28.6 Å². The zero-order valence-corrected chi connectivity index (χ0v) is 23.2. The minimum absolute atomic E-state index is 0.0600. The number of carbonyl (C=O) groups is 3. The van der Waals surface area contributed by atoms with Gasteiger partial charge in [0, 0.05) is 17.5 Å². The van der Waals surface area contributed by atoms with E-state index in [0.717, 1.165) is 42.4 Å². The fraction of sp³-hybridized carbons (Fsp3) is 0.355. The van der Waals surface area contributed by atoms with Gasteiger partial charge < -0.3 is 20.7 Å². The quantitative estimate of drug-likeness (QED) is 0.316. The Hall–Kier alpha value is -4.64. The lowest BCUT2D eigenvalue weighted by molar-refractivity contribution is -0.139. The normalized spacial score (nSPS) is 20.2. The number of fused-ring (bicyclic) bond motifs is 1. The standard InChI is InChI=1S/C31H33N7O4/c32-30(40)29-23-16-21(22-13-14-33-34-17-22)11-12-25(23)38(36-29)18-28(39)37-15-5-9-26(37)31(41)35-24-8-4-10-27(24)42-19-20-6-2-1-3-7-20/h1-3,6-7,11-14,16-17,24,26-27H,4-5,8-10,15,18-19H2,(H2,32,40)(H,35,41)/t24-,26+,27?/m1/s1. The van der Waals surface area contributed by atoms with Crippen molar-refractivity contribution in [1.82, 2.24) is 30.2 Å². The average molecular weight is 568 g/mol. The fourth-order valence-corrected chi connectivity index (χ4v) is 6.03. The Morgan fingerprint density at radius 1 is 0.976 bits per heavy atom. The first-order chi connectivity index (χ1) is 20.5. The summed E-state index contributed by atoms with van der Waals surface area (Å²) in [6.45, 7) is 0.866. The number of carbonyl (C=O) groups excluding carboxylic acids is 3. The summed E-state index contributed by atoms with van der Waals surface area (Å²) in [4.78, 5) is 40.8. The summed E-state index contributed by atoms with van der Waals surface area (Å²) in [5, 5.41) is 15.8. The largest absolute Gasteiger partial charge is 0.371 e. The van der Waals surface area contributed by atoms with Gasteiger partial charge >= 0.3 is 0 Å². The summed E-state index contributed by atoms with van der Waals surface area (Å²) >= 11 is 0. The minimum Gasteiger partial charge on any atom is -0.371 e. The van der Waals surface area contributed by atoms with E-state index in [9.17, 15) is 14.4 Å². The summed E-state index contributed by atoms with van der Waals surface area (Å²) in [6, 6.07) is 16.6. The van der Waals surface area contributed by atoms with Crippen LogP contribution in [0.25, 0.3) is 22.0 Å². The number of hydrogen-bond acceptors (Lipinski definition) is 7. The molecule has 2 aliphatic rings. The molecule has 0 bridgehead atoms. The van der Waals surface area contributed by atoms with Crippen LogP contribution in [0.5, 0.6) is 0 Å². The van der Waals surface area contributed by atoms with Crippen LogP contribution in [0.15, 0.2) is 67.0 Å². The number of rotatable bonds is 9. The summed E-state index contributed by atoms with van der Waals surface area (Å²) in [5.74, 6) is -1.08. The van der Waals surface area contributed by atoms with Gasteiger partial charge in [-0.2, -0.15) is 15.3 Å². The first-order valence-corrected chi connectivity index (χ1v) is 14.3. The van der Waals surface area contributed by atoms with Gasteiger partial charge in [-0.05, 0) is 61.4 Å². The third kappa shape index (κ3) is 5.73. The molecule has 2 fully saturated rings. The number of aromatic nitrogens is 4. The van der Waals surface area contributed by atoms with Gasteiger partial charge in [0.05, 0.1) is 36.7 Å². The Balaban J connectivity index is 1.14. The monoisotopic (exact) mass is 567 g/mol. The van der Waals surface area contributed by atoms with Crippen molar-refractivity contribution in [2.24, 2.45) is 5.73 Å². The molecule has 1 saturated heterocycles. The first-order valence-electron chi connectivity index (χ1n) is 14.3. The zero-order valence-electron chi connectivity index (χ0n) is 23.2. The molecular weight excluding hydrogens is 534 g/mol. The molecule has 3 atom stereocenters. The Morgan fingerprint density at radius 2 is 1.83 bits per heavy atom. The van der Waals surface area contributed by atoms with Crippen LogP contribution in [0.2, 0.25) is 0 Å². The highest BCUT2D eigenvalue weighted by molar-refractivity contribution is 6.05. The number of ether oxygens (including phenoxy) is 1. The van der Waals surface area contributed by atoms with E-state index in [1.54, 1.807) is 17.3 Å². The van der Waals surface area contributed by atoms with E-state index in [2.05, 4.69) is 20.6 Å². The van der Waals surface area contributed by atoms with Gasteiger partial charge in [-0.15, -0.1) is 0 Å². The van der Waals surface area contributed by atoms with E-state index in [0.29, 0.717) is 30.5 Å². The van der Waals surface area contributed by atoms with Crippen molar-refractivity contribution in [3.63, 3.8) is 0 Å². The molecule has 0 radical (unpaired) electrons. The van der Waals surface area contributed by atoms with Crippen LogP contribution < -0.4 is 11.1 Å². The second-order valence-corrected chi connectivity index (χ2v) is 10.9. The van der Waals surface area contributed by atoms with Crippen molar-refractivity contribution in [2.45, 2.75) is 63.4 Å². The molecule has 2 aromatic carbocycles. The average Bonchev–Trinajstić information content (AvgIpc) is 3.76. The number of amides is 3. The van der Waals surface area contributed by atoms with Crippen LogP contribution >= 0.6 is 0 Å². The van der Waals surface area contributed by atoms with Crippen LogP contribution in [-0.2, 0) is 27.5 Å². The molecule has 11 nitrogen and oxygen atoms in total. The highest BCUT2D eigenvalue weighted by Gasteiger charge is 2.37. The van der Waals surface area contributed by atoms with Gasteiger partial charge in [0.1, 0.15) is 12.6 Å². The van der Waals surface area contributed by atoms with Gasteiger partial charge in [0.25, 0.3) is 5.91 Å². The predicted molar refractivity (Wildman–Crippen MR) is 155 cm³/mol. The number of hydrogen-bond donors (Lipinski definition) is 2. The van der Waals surface area contributed by atoms with Gasteiger partial charge in [0.2, 0.25) is 11.8 Å². The van der Waals surface area contributed by atoms with E-state index in [1.807, 2.05) is 54.6 Å². The van der Waals surface area contributed by atoms with Crippen LogP contribution in [0.1, 0.15) is 48.2 Å². The molecule has 216 valence electrons. The maximum Gasteiger partial charge on any atom is 0.269 e. The number of nitrogens with two attached hydrogens (primary N) is 1. The Kier molecular flexibility index (Phi) is 7.91. The van der Waals surface area contributed by atoms with Gasteiger partial charge in [-0.25, -0.2) is 0 Å². The van der Waals surface area contributed by atoms with Crippen molar-refractivity contribution in [2.75, 3.05) is 6.54 Å². The Labute approximate surface area is 243 Å². The molecule has 2 aromatic heterocycles. The molecule has 1 saturated carbocycles. The SMILES string of the molecule is NC(=O)c1nn(CC(=O)N2CCC[C@H]2C(=O)N[C@@H]2CCCC2OCc2ccccc2)c2ccc(-c3ccnnc3)cc12. The summed E-state index contributed by atoms with van der Waals surface area (Å²) in [7, 11) is 0. The van der Waals surface area contributed by atoms with Crippen molar-refractivity contribution in [3.8, 4) is 11.1 Å². The Bertz CT molecular complexity index is 1590. The molecule has 4 aromatic rings. The van der Waals surface area contributed by atoms with E-state index >= 15 is 0 Å². The molecule has 3 amide bonds. The highest BCUT2D eigenvalue weighted by Crippen LogP contribution is 2.28. The number of benzene rings is 2. The molecule has 1 aliphatic heterocycles. The molecule has 3 heterocycles. The lowest BCUT2D eigenvalue weighted by atomic mass is 10.0. The lowest BCUT2D eigenvalue weighted by Crippen LogP contribution is -2.51. The summed E-state index contributed by atoms with van der Waals surface area (Å²) in [6.07, 6.45) is 7.19. The maximum absolute atomic E-state index is 13.5. The predicted octanol–water partition coefficient (Wildman–Crippen LogP) is 2.84. The number of likely N-dealkylation sites (tertiary alicyclic amines) is 1. The van der Waals surface area contributed by atoms with Crippen molar-refractivity contribution in [1.29, 1.82) is 0 Å². The van der Waals surface area contributed by atoms with Crippen LogP contribution in [0.4, 0.5) is 0 Å². The molecule has 1 unspecified atom stereocenters. The zero-order chi connectivity index (χ0) is 29.1. The van der Waals surface area contributed by atoms with E-state index < -0.39 is 11.9 Å². The smallest absolute Gasteiger partial charge is 0.269 e. The third-order valence-corrected chi connectivity index (χ3v) is 8.15. The van der Waals surface area contributed by atoms with Crippen molar-refractivity contribution < 1.29 is 19.1 Å². The van der Waals surface area contributed by atoms with Gasteiger partial charge in [-0.1, -0.05) is 36.4 Å². The topological polar surface area (TPSA) is 145 Å². The Morgan fingerprint density at radius 3 is 2.62 bits per heavy atom. The van der Waals surface area contributed by atoms with Crippen LogP contribution in [-0.4, -0.2) is 67.3 Å².